The molecule has 124 valence electrons. The summed E-state index contributed by atoms with van der Waals surface area (Å²) in [7, 11) is 0. The quantitative estimate of drug-likeness (QED) is 0.640. The molecule has 1 heterocycles. The largest absolute Gasteiger partial charge is 0.417 e. The first-order chi connectivity index (χ1) is 11.3. The third-order valence-corrected chi connectivity index (χ3v) is 3.89. The molecule has 0 aliphatic rings. The maximum atomic E-state index is 13.6. The van der Waals surface area contributed by atoms with E-state index in [9.17, 15) is 22.7 Å². The van der Waals surface area contributed by atoms with Crippen LogP contribution in [0.2, 0.25) is 5.02 Å². The van der Waals surface area contributed by atoms with Crippen LogP contribution in [0.3, 0.4) is 0 Å². The molecule has 3 rings (SSSR count). The number of halogens is 5. The highest BCUT2D eigenvalue weighted by molar-refractivity contribution is 6.35. The van der Waals surface area contributed by atoms with Crippen LogP contribution in [-0.4, -0.2) is 10.1 Å². The second kappa shape index (κ2) is 6.03. The molecule has 0 saturated carbocycles. The highest BCUT2D eigenvalue weighted by Gasteiger charge is 2.34. The van der Waals surface area contributed by atoms with Gasteiger partial charge < -0.3 is 5.11 Å². The molecule has 7 heteroatoms. The molecule has 0 saturated heterocycles. The van der Waals surface area contributed by atoms with Gasteiger partial charge in [0.15, 0.2) is 0 Å². The Hall–Kier alpha value is -2.18. The molecule has 2 aromatic carbocycles. The third kappa shape index (κ3) is 2.95. The first-order valence-electron chi connectivity index (χ1n) is 6.87. The summed E-state index contributed by atoms with van der Waals surface area (Å²) in [5.74, 6) is -0.831. The molecular formula is C17H10ClF4NO. The lowest BCUT2D eigenvalue weighted by atomic mass is 9.98. The fraction of sp³-hybridized carbons (Fsp3) is 0.118. The second-order valence-corrected chi connectivity index (χ2v) is 5.56. The standard InChI is InChI=1S/C17H10ClF4NO/c18-14-3-1-2-9-6-10(8-24)15(23-16(9)14)12-7-11(19)4-5-13(12)17(20,21)22/h1-7,24H,8H2. The second-order valence-electron chi connectivity index (χ2n) is 5.15. The first kappa shape index (κ1) is 16.7. The fourth-order valence-corrected chi connectivity index (χ4v) is 2.74. The fourth-order valence-electron chi connectivity index (χ4n) is 2.52. The molecule has 0 fully saturated rings. The van der Waals surface area contributed by atoms with Gasteiger partial charge in [0.25, 0.3) is 0 Å². The normalized spacial score (nSPS) is 11.9. The summed E-state index contributed by atoms with van der Waals surface area (Å²) in [6, 6.07) is 8.53. The Balaban J connectivity index is 2.37. The van der Waals surface area contributed by atoms with Gasteiger partial charge in [0.05, 0.1) is 28.4 Å². The number of hydrogen-bond acceptors (Lipinski definition) is 2. The maximum Gasteiger partial charge on any atom is 0.417 e. The Morgan fingerprint density at radius 1 is 1.08 bits per heavy atom. The van der Waals surface area contributed by atoms with Crippen molar-refractivity contribution in [2.24, 2.45) is 0 Å². The molecule has 0 unspecified atom stereocenters. The van der Waals surface area contributed by atoms with E-state index in [1.165, 1.54) is 6.07 Å². The van der Waals surface area contributed by atoms with E-state index in [0.717, 1.165) is 12.1 Å². The van der Waals surface area contributed by atoms with E-state index in [1.807, 2.05) is 0 Å². The van der Waals surface area contributed by atoms with Crippen molar-refractivity contribution in [3.05, 3.63) is 64.4 Å². The minimum Gasteiger partial charge on any atom is -0.392 e. The van der Waals surface area contributed by atoms with Gasteiger partial charge in [0, 0.05) is 16.5 Å². The van der Waals surface area contributed by atoms with E-state index in [0.29, 0.717) is 11.5 Å². The molecule has 0 aliphatic heterocycles. The molecule has 1 aromatic heterocycles. The Morgan fingerprint density at radius 2 is 1.83 bits per heavy atom. The highest BCUT2D eigenvalue weighted by atomic mass is 35.5. The van der Waals surface area contributed by atoms with Crippen LogP contribution < -0.4 is 0 Å². The minimum absolute atomic E-state index is 0.148. The maximum absolute atomic E-state index is 13.6. The van der Waals surface area contributed by atoms with Crippen LogP contribution >= 0.6 is 11.6 Å². The van der Waals surface area contributed by atoms with E-state index >= 15 is 0 Å². The molecule has 0 aliphatic carbocycles. The lowest BCUT2D eigenvalue weighted by molar-refractivity contribution is -0.137. The minimum atomic E-state index is -4.69. The van der Waals surface area contributed by atoms with E-state index in [4.69, 9.17) is 11.6 Å². The number of aliphatic hydroxyl groups is 1. The van der Waals surface area contributed by atoms with Crippen LogP contribution in [0.4, 0.5) is 17.6 Å². The highest BCUT2D eigenvalue weighted by Crippen LogP contribution is 2.39. The van der Waals surface area contributed by atoms with E-state index < -0.39 is 29.7 Å². The van der Waals surface area contributed by atoms with Crippen LogP contribution in [0.25, 0.3) is 22.2 Å². The number of aliphatic hydroxyl groups excluding tert-OH is 1. The summed E-state index contributed by atoms with van der Waals surface area (Å²) in [5.41, 5.74) is -1.18. The van der Waals surface area contributed by atoms with Crippen molar-refractivity contribution < 1.29 is 22.7 Å². The molecular weight excluding hydrogens is 346 g/mol. The Kier molecular flexibility index (Phi) is 4.19. The van der Waals surface area contributed by atoms with Gasteiger partial charge in [-0.2, -0.15) is 13.2 Å². The van der Waals surface area contributed by atoms with Crippen LogP contribution in [0.15, 0.2) is 42.5 Å². The summed E-state index contributed by atoms with van der Waals surface area (Å²) >= 11 is 6.05. The molecule has 0 radical (unpaired) electrons. The molecule has 1 N–H and O–H groups in total. The predicted molar refractivity (Wildman–Crippen MR) is 83.1 cm³/mol. The number of aromatic nitrogens is 1. The Bertz CT molecular complexity index is 924. The van der Waals surface area contributed by atoms with Crippen molar-refractivity contribution in [3.8, 4) is 11.3 Å². The van der Waals surface area contributed by atoms with Gasteiger partial charge in [0.1, 0.15) is 5.82 Å². The smallest absolute Gasteiger partial charge is 0.392 e. The van der Waals surface area contributed by atoms with Gasteiger partial charge in [-0.15, -0.1) is 0 Å². The summed E-state index contributed by atoms with van der Waals surface area (Å²) in [6.07, 6.45) is -4.69. The molecule has 0 amide bonds. The van der Waals surface area contributed by atoms with Gasteiger partial charge in [-0.3, -0.25) is 0 Å². The molecule has 0 bridgehead atoms. The SMILES string of the molecule is OCc1cc2cccc(Cl)c2nc1-c1cc(F)ccc1C(F)(F)F. The van der Waals surface area contributed by atoms with Crippen LogP contribution in [0, 0.1) is 5.82 Å². The predicted octanol–water partition coefficient (Wildman–Crippen LogP) is 5.21. The van der Waals surface area contributed by atoms with Crippen molar-refractivity contribution in [1.29, 1.82) is 0 Å². The van der Waals surface area contributed by atoms with Crippen LogP contribution in [0.5, 0.6) is 0 Å². The van der Waals surface area contributed by atoms with Gasteiger partial charge in [0.2, 0.25) is 0 Å². The van der Waals surface area contributed by atoms with Crippen molar-refractivity contribution >= 4 is 22.5 Å². The number of rotatable bonds is 2. The van der Waals surface area contributed by atoms with Gasteiger partial charge in [-0.25, -0.2) is 9.37 Å². The molecule has 0 spiro atoms. The van der Waals surface area contributed by atoms with Crippen molar-refractivity contribution in [1.82, 2.24) is 4.98 Å². The van der Waals surface area contributed by atoms with Crippen molar-refractivity contribution in [2.75, 3.05) is 0 Å². The zero-order chi connectivity index (χ0) is 17.5. The number of hydrogen-bond donors (Lipinski definition) is 1. The van der Waals surface area contributed by atoms with Crippen LogP contribution in [-0.2, 0) is 12.8 Å². The number of fused-ring (bicyclic) bond motifs is 1. The summed E-state index contributed by atoms with van der Waals surface area (Å²) in [5, 5.41) is 10.3. The van der Waals surface area contributed by atoms with Crippen molar-refractivity contribution in [2.45, 2.75) is 12.8 Å². The molecule has 24 heavy (non-hydrogen) atoms. The van der Waals surface area contributed by atoms with Crippen LogP contribution in [0.1, 0.15) is 11.1 Å². The van der Waals surface area contributed by atoms with Crippen molar-refractivity contribution in [3.63, 3.8) is 0 Å². The number of nitrogens with zero attached hydrogens (tertiary/aromatic N) is 1. The zero-order valence-electron chi connectivity index (χ0n) is 12.0. The van der Waals surface area contributed by atoms with E-state index in [-0.39, 0.29) is 21.8 Å². The summed E-state index contributed by atoms with van der Waals surface area (Å²) < 4.78 is 53.3. The number of para-hydroxylation sites is 1. The summed E-state index contributed by atoms with van der Waals surface area (Å²) in [4.78, 5) is 4.17. The van der Waals surface area contributed by atoms with E-state index in [1.54, 1.807) is 18.2 Å². The first-order valence-corrected chi connectivity index (χ1v) is 7.25. The average Bonchev–Trinajstić information content (AvgIpc) is 2.53. The van der Waals surface area contributed by atoms with Gasteiger partial charge in [-0.1, -0.05) is 23.7 Å². The lowest BCUT2D eigenvalue weighted by Gasteiger charge is -2.15. The van der Waals surface area contributed by atoms with Gasteiger partial charge in [-0.05, 0) is 30.3 Å². The monoisotopic (exact) mass is 355 g/mol. The Morgan fingerprint density at radius 3 is 2.50 bits per heavy atom. The summed E-state index contributed by atoms with van der Waals surface area (Å²) in [6.45, 7) is -0.543. The molecule has 0 atom stereocenters. The lowest BCUT2D eigenvalue weighted by Crippen LogP contribution is -2.09. The number of benzene rings is 2. The number of alkyl halides is 3. The Labute approximate surface area is 139 Å². The topological polar surface area (TPSA) is 33.1 Å². The third-order valence-electron chi connectivity index (χ3n) is 3.59. The molecule has 2 nitrogen and oxygen atoms in total. The van der Waals surface area contributed by atoms with Gasteiger partial charge >= 0.3 is 6.18 Å². The van der Waals surface area contributed by atoms with E-state index in [2.05, 4.69) is 4.98 Å². The average molecular weight is 356 g/mol. The zero-order valence-corrected chi connectivity index (χ0v) is 12.8. The number of pyridine rings is 1. The molecule has 3 aromatic rings.